The van der Waals surface area contributed by atoms with Gasteiger partial charge in [0.2, 0.25) is 0 Å². The van der Waals surface area contributed by atoms with E-state index in [2.05, 4.69) is 48.1 Å². The number of aryl methyl sites for hydroxylation is 2. The molecule has 5 aromatic rings. The summed E-state index contributed by atoms with van der Waals surface area (Å²) in [6.07, 6.45) is 4.48. The molecule has 0 unspecified atom stereocenters. The fourth-order valence-electron chi connectivity index (χ4n) is 4.19. The Morgan fingerprint density at radius 2 is 1.74 bits per heavy atom. The Hall–Kier alpha value is -3.33. The number of nitrogens with zero attached hydrogens (tertiary/aromatic N) is 1. The van der Waals surface area contributed by atoms with Crippen LogP contribution in [0.15, 0.2) is 60.9 Å². The van der Waals surface area contributed by atoms with Crippen LogP contribution in [0.3, 0.4) is 0 Å². The summed E-state index contributed by atoms with van der Waals surface area (Å²) in [6, 6.07) is 16.3. The lowest BCUT2D eigenvalue weighted by molar-refractivity contribution is 0.470. The SMILES string of the molecule is Cc1c2ccncc2c(C)c2c1[nH]c1cc(Cc3ccccc3)c(O)cc12. The Labute approximate surface area is 157 Å². The third-order valence-electron chi connectivity index (χ3n) is 5.61. The fraction of sp³-hybridized carbons (Fsp3) is 0.125. The van der Waals surface area contributed by atoms with Crippen LogP contribution in [0.25, 0.3) is 32.6 Å². The van der Waals surface area contributed by atoms with Gasteiger partial charge in [0, 0.05) is 46.1 Å². The van der Waals surface area contributed by atoms with Crippen molar-refractivity contribution in [2.75, 3.05) is 0 Å². The third kappa shape index (κ3) is 2.39. The molecule has 3 aromatic carbocycles. The smallest absolute Gasteiger partial charge is 0.119 e. The van der Waals surface area contributed by atoms with E-state index in [1.807, 2.05) is 36.7 Å². The monoisotopic (exact) mass is 352 g/mol. The maximum absolute atomic E-state index is 10.7. The number of H-pyrrole nitrogens is 1. The van der Waals surface area contributed by atoms with Gasteiger partial charge in [0.25, 0.3) is 0 Å². The van der Waals surface area contributed by atoms with Gasteiger partial charge in [-0.05, 0) is 54.1 Å². The second kappa shape index (κ2) is 5.85. The minimum atomic E-state index is 0.343. The summed E-state index contributed by atoms with van der Waals surface area (Å²) in [5.41, 5.74) is 6.73. The molecule has 27 heavy (non-hydrogen) atoms. The van der Waals surface area contributed by atoms with E-state index in [0.717, 1.165) is 27.4 Å². The van der Waals surface area contributed by atoms with E-state index >= 15 is 0 Å². The average Bonchev–Trinajstić information content (AvgIpc) is 3.06. The third-order valence-corrected chi connectivity index (χ3v) is 5.61. The molecule has 2 N–H and O–H groups in total. The Morgan fingerprint density at radius 1 is 0.926 bits per heavy atom. The molecule has 2 aromatic heterocycles. The van der Waals surface area contributed by atoms with Crippen molar-refractivity contribution in [3.05, 3.63) is 83.2 Å². The lowest BCUT2D eigenvalue weighted by Crippen LogP contribution is -1.89. The van der Waals surface area contributed by atoms with Crippen molar-refractivity contribution in [3.63, 3.8) is 0 Å². The van der Waals surface area contributed by atoms with Crippen LogP contribution in [0.5, 0.6) is 5.75 Å². The largest absolute Gasteiger partial charge is 0.508 e. The molecule has 0 amide bonds. The number of aromatic nitrogens is 2. The van der Waals surface area contributed by atoms with Crippen molar-refractivity contribution in [1.82, 2.24) is 9.97 Å². The number of nitrogens with one attached hydrogen (secondary N) is 1. The number of phenolic OH excluding ortho intramolecular Hbond substituents is 1. The van der Waals surface area contributed by atoms with E-state index in [1.165, 1.54) is 27.5 Å². The molecule has 0 fully saturated rings. The first kappa shape index (κ1) is 15.9. The molecular formula is C24H20N2O. The molecule has 0 spiro atoms. The standard InChI is InChI=1S/C24H20N2O/c1-14-20-13-25-9-8-18(20)15(2)24-23(14)19-12-22(27)17(11-21(19)26-24)10-16-6-4-3-5-7-16/h3-9,11-13,26-27H,10H2,1-2H3. The maximum Gasteiger partial charge on any atom is 0.119 e. The van der Waals surface area contributed by atoms with Gasteiger partial charge in [0.05, 0.1) is 5.52 Å². The molecule has 0 bridgehead atoms. The zero-order chi connectivity index (χ0) is 18.5. The second-order valence-corrected chi connectivity index (χ2v) is 7.24. The molecule has 0 aliphatic rings. The van der Waals surface area contributed by atoms with Crippen LogP contribution < -0.4 is 0 Å². The second-order valence-electron chi connectivity index (χ2n) is 7.24. The van der Waals surface area contributed by atoms with Crippen molar-refractivity contribution in [2.24, 2.45) is 0 Å². The van der Waals surface area contributed by atoms with Crippen LogP contribution in [-0.2, 0) is 6.42 Å². The van der Waals surface area contributed by atoms with Gasteiger partial charge in [0.15, 0.2) is 0 Å². The number of phenols is 1. The number of hydrogen-bond donors (Lipinski definition) is 2. The predicted octanol–water partition coefficient (Wildman–Crippen LogP) is 5.78. The number of benzene rings is 3. The summed E-state index contributed by atoms with van der Waals surface area (Å²) < 4.78 is 0. The van der Waals surface area contributed by atoms with Gasteiger partial charge >= 0.3 is 0 Å². The summed E-state index contributed by atoms with van der Waals surface area (Å²) in [4.78, 5) is 7.91. The normalized spacial score (nSPS) is 11.6. The highest BCUT2D eigenvalue weighted by atomic mass is 16.3. The molecule has 5 rings (SSSR count). The molecule has 0 atom stereocenters. The van der Waals surface area contributed by atoms with Gasteiger partial charge < -0.3 is 10.1 Å². The average molecular weight is 352 g/mol. The topological polar surface area (TPSA) is 48.9 Å². The fourth-order valence-corrected chi connectivity index (χ4v) is 4.19. The van der Waals surface area contributed by atoms with Gasteiger partial charge in [-0.2, -0.15) is 0 Å². The van der Waals surface area contributed by atoms with E-state index in [4.69, 9.17) is 0 Å². The van der Waals surface area contributed by atoms with E-state index in [9.17, 15) is 5.11 Å². The van der Waals surface area contributed by atoms with Crippen molar-refractivity contribution >= 4 is 32.6 Å². The van der Waals surface area contributed by atoms with Crippen molar-refractivity contribution in [3.8, 4) is 5.75 Å². The number of aromatic hydroxyl groups is 1. The van der Waals surface area contributed by atoms with Gasteiger partial charge in [0.1, 0.15) is 5.75 Å². The van der Waals surface area contributed by atoms with Crippen molar-refractivity contribution in [1.29, 1.82) is 0 Å². The Bertz CT molecular complexity index is 1320. The molecule has 0 radical (unpaired) electrons. The van der Waals surface area contributed by atoms with E-state index in [0.29, 0.717) is 12.2 Å². The summed E-state index contributed by atoms with van der Waals surface area (Å²) in [5.74, 6) is 0.343. The van der Waals surface area contributed by atoms with Crippen LogP contribution in [0.4, 0.5) is 0 Å². The molecule has 0 saturated heterocycles. The number of pyridine rings is 1. The molecule has 0 saturated carbocycles. The van der Waals surface area contributed by atoms with Crippen molar-refractivity contribution in [2.45, 2.75) is 20.3 Å². The van der Waals surface area contributed by atoms with Crippen molar-refractivity contribution < 1.29 is 5.11 Å². The molecule has 132 valence electrons. The predicted molar refractivity (Wildman–Crippen MR) is 111 cm³/mol. The Morgan fingerprint density at radius 3 is 2.56 bits per heavy atom. The maximum atomic E-state index is 10.7. The molecule has 0 aliphatic heterocycles. The number of aromatic amines is 1. The molecule has 3 heteroatoms. The first-order chi connectivity index (χ1) is 13.1. The highest BCUT2D eigenvalue weighted by Crippen LogP contribution is 2.38. The molecule has 3 nitrogen and oxygen atoms in total. The zero-order valence-corrected chi connectivity index (χ0v) is 15.4. The zero-order valence-electron chi connectivity index (χ0n) is 15.4. The number of rotatable bonds is 2. The Balaban J connectivity index is 1.79. The van der Waals surface area contributed by atoms with Crippen LogP contribution in [-0.4, -0.2) is 15.1 Å². The van der Waals surface area contributed by atoms with E-state index in [1.54, 1.807) is 0 Å². The minimum Gasteiger partial charge on any atom is -0.508 e. The number of fused-ring (bicyclic) bond motifs is 4. The molecule has 2 heterocycles. The van der Waals surface area contributed by atoms with Crippen LogP contribution in [0.2, 0.25) is 0 Å². The van der Waals surface area contributed by atoms with Crippen LogP contribution in [0, 0.1) is 13.8 Å². The lowest BCUT2D eigenvalue weighted by Gasteiger charge is -2.08. The molecule has 0 aliphatic carbocycles. The highest BCUT2D eigenvalue weighted by molar-refractivity contribution is 6.16. The first-order valence-electron chi connectivity index (χ1n) is 9.17. The summed E-state index contributed by atoms with van der Waals surface area (Å²) in [5, 5.41) is 15.3. The molecular weight excluding hydrogens is 332 g/mol. The Kier molecular flexibility index (Phi) is 3.44. The number of hydrogen-bond acceptors (Lipinski definition) is 2. The first-order valence-corrected chi connectivity index (χ1v) is 9.17. The van der Waals surface area contributed by atoms with Gasteiger partial charge in [-0.25, -0.2) is 0 Å². The van der Waals surface area contributed by atoms with Gasteiger partial charge in [-0.1, -0.05) is 30.3 Å². The lowest BCUT2D eigenvalue weighted by atomic mass is 9.96. The quantitative estimate of drug-likeness (QED) is 0.423. The van der Waals surface area contributed by atoms with Crippen LogP contribution >= 0.6 is 0 Å². The highest BCUT2D eigenvalue weighted by Gasteiger charge is 2.16. The summed E-state index contributed by atoms with van der Waals surface area (Å²) >= 11 is 0. The van der Waals surface area contributed by atoms with E-state index < -0.39 is 0 Å². The minimum absolute atomic E-state index is 0.343. The van der Waals surface area contributed by atoms with Gasteiger partial charge in [-0.15, -0.1) is 0 Å². The summed E-state index contributed by atoms with van der Waals surface area (Å²) in [6.45, 7) is 4.28. The van der Waals surface area contributed by atoms with E-state index in [-0.39, 0.29) is 0 Å². The van der Waals surface area contributed by atoms with Crippen LogP contribution in [0.1, 0.15) is 22.3 Å². The van der Waals surface area contributed by atoms with Gasteiger partial charge in [-0.3, -0.25) is 4.98 Å². The summed E-state index contributed by atoms with van der Waals surface area (Å²) in [7, 11) is 0.